The van der Waals surface area contributed by atoms with Crippen molar-refractivity contribution >= 4 is 41.4 Å². The largest absolute Gasteiger partial charge is 0.354 e. The van der Waals surface area contributed by atoms with E-state index in [9.17, 15) is 14.4 Å². The van der Waals surface area contributed by atoms with Gasteiger partial charge in [-0.15, -0.1) is 12.4 Å². The highest BCUT2D eigenvalue weighted by Crippen LogP contribution is 2.27. The number of rotatable bonds is 15. The molecule has 1 aliphatic rings. The number of carbonyl (C=O) groups is 3. The van der Waals surface area contributed by atoms with Crippen LogP contribution in [0, 0.1) is 11.8 Å². The molecule has 1 unspecified atom stereocenters. The molecule has 1 aliphatic heterocycles. The Balaban J connectivity index is 0.00000533. The van der Waals surface area contributed by atoms with Crippen LogP contribution in [0.5, 0.6) is 0 Å². The second-order valence-electron chi connectivity index (χ2n) is 10.9. The van der Waals surface area contributed by atoms with Crippen LogP contribution in [0.1, 0.15) is 65.4 Å². The summed E-state index contributed by atoms with van der Waals surface area (Å²) in [6, 6.07) is 13.6. The van der Waals surface area contributed by atoms with E-state index in [4.69, 9.17) is 0 Å². The van der Waals surface area contributed by atoms with Gasteiger partial charge in [0.25, 0.3) is 0 Å². The van der Waals surface area contributed by atoms with Crippen LogP contribution in [0.2, 0.25) is 0 Å². The van der Waals surface area contributed by atoms with E-state index in [1.165, 1.54) is 0 Å². The Morgan fingerprint density at radius 3 is 2.46 bits per heavy atom. The SMILES string of the molecule is CCC(CC)C(=O)N1CCCC1N(C=O)[C@H](Cc1ccc2ccccc2c1)C(=O)NCCCNCC(C)C.Cl. The van der Waals surface area contributed by atoms with Gasteiger partial charge in [0, 0.05) is 25.4 Å². The molecule has 2 aromatic carbocycles. The van der Waals surface area contributed by atoms with Gasteiger partial charge in [0.1, 0.15) is 12.2 Å². The van der Waals surface area contributed by atoms with Gasteiger partial charge in [-0.05, 0) is 67.4 Å². The maximum atomic E-state index is 13.6. The molecule has 1 heterocycles. The van der Waals surface area contributed by atoms with E-state index in [1.54, 1.807) is 4.90 Å². The number of fused-ring (bicyclic) bond motifs is 1. The summed E-state index contributed by atoms with van der Waals surface area (Å²) in [5, 5.41) is 8.71. The lowest BCUT2D eigenvalue weighted by Crippen LogP contribution is -2.57. The van der Waals surface area contributed by atoms with E-state index in [-0.39, 0.29) is 30.1 Å². The first-order valence-corrected chi connectivity index (χ1v) is 14.4. The minimum absolute atomic E-state index is 0. The van der Waals surface area contributed by atoms with Crippen molar-refractivity contribution in [2.75, 3.05) is 26.2 Å². The number of nitrogens with one attached hydrogen (secondary N) is 2. The third-order valence-electron chi connectivity index (χ3n) is 7.59. The van der Waals surface area contributed by atoms with Crippen LogP contribution in [0.15, 0.2) is 42.5 Å². The number of likely N-dealkylation sites (tertiary alicyclic amines) is 1. The predicted molar refractivity (Wildman–Crippen MR) is 161 cm³/mol. The van der Waals surface area contributed by atoms with E-state index in [0.29, 0.717) is 31.8 Å². The zero-order chi connectivity index (χ0) is 27.5. The quantitative estimate of drug-likeness (QED) is 0.244. The van der Waals surface area contributed by atoms with E-state index in [0.717, 1.165) is 61.5 Å². The van der Waals surface area contributed by atoms with Crippen LogP contribution in [-0.2, 0) is 20.8 Å². The van der Waals surface area contributed by atoms with Gasteiger partial charge in [0.15, 0.2) is 0 Å². The molecule has 2 aromatic rings. The fourth-order valence-corrected chi connectivity index (χ4v) is 5.40. The molecule has 216 valence electrons. The topological polar surface area (TPSA) is 81.8 Å². The summed E-state index contributed by atoms with van der Waals surface area (Å²) >= 11 is 0. The summed E-state index contributed by atoms with van der Waals surface area (Å²) < 4.78 is 0. The molecule has 3 amide bonds. The Bertz CT molecular complexity index is 1060. The first-order valence-electron chi connectivity index (χ1n) is 14.4. The third kappa shape index (κ3) is 8.94. The van der Waals surface area contributed by atoms with Gasteiger partial charge in [-0.1, -0.05) is 70.2 Å². The van der Waals surface area contributed by atoms with E-state index in [1.807, 2.05) is 36.9 Å². The molecule has 0 saturated carbocycles. The van der Waals surface area contributed by atoms with Crippen molar-refractivity contribution in [2.24, 2.45) is 11.8 Å². The first kappa shape index (κ1) is 32.6. The Morgan fingerprint density at radius 2 is 1.79 bits per heavy atom. The number of amides is 3. The molecule has 0 spiro atoms. The van der Waals surface area contributed by atoms with E-state index in [2.05, 4.69) is 48.7 Å². The number of hydrogen-bond acceptors (Lipinski definition) is 4. The van der Waals surface area contributed by atoms with Gasteiger partial charge in [-0.3, -0.25) is 14.4 Å². The summed E-state index contributed by atoms with van der Waals surface area (Å²) in [6.45, 7) is 11.3. The fourth-order valence-electron chi connectivity index (χ4n) is 5.40. The normalized spacial score (nSPS) is 15.8. The monoisotopic (exact) mass is 558 g/mol. The maximum absolute atomic E-state index is 13.6. The minimum Gasteiger partial charge on any atom is -0.354 e. The Kier molecular flexibility index (Phi) is 13.7. The highest BCUT2D eigenvalue weighted by Gasteiger charge is 2.39. The molecular weight excluding hydrogens is 512 g/mol. The number of benzene rings is 2. The summed E-state index contributed by atoms with van der Waals surface area (Å²) in [5.74, 6) is 0.436. The van der Waals surface area contributed by atoms with Gasteiger partial charge in [0.05, 0.1) is 0 Å². The number of carbonyl (C=O) groups excluding carboxylic acids is 3. The van der Waals surface area contributed by atoms with Gasteiger partial charge < -0.3 is 20.4 Å². The second-order valence-corrected chi connectivity index (χ2v) is 10.9. The van der Waals surface area contributed by atoms with Crippen molar-refractivity contribution in [3.63, 3.8) is 0 Å². The van der Waals surface area contributed by atoms with Crippen molar-refractivity contribution in [3.8, 4) is 0 Å². The zero-order valence-electron chi connectivity index (χ0n) is 24.0. The Hall–Kier alpha value is -2.64. The standard InChI is InChI=1S/C31H46N4O3.ClH/c1-5-25(6-2)31(38)34-18-9-13-29(34)35(22-36)28(30(37)33-17-10-16-32-21-23(3)4)20-24-14-15-26-11-7-8-12-27(26)19-24;/h7-8,11-12,14-15,19,22-23,25,28-29,32H,5-6,9-10,13,16-18,20-21H2,1-4H3,(H,33,37);1H/t28-,29?;/m1./s1. The van der Waals surface area contributed by atoms with Crippen molar-refractivity contribution in [2.45, 2.75) is 78.4 Å². The van der Waals surface area contributed by atoms with Gasteiger partial charge in [-0.25, -0.2) is 0 Å². The fraction of sp³-hybridized carbons (Fsp3) is 0.581. The molecule has 2 atom stereocenters. The molecule has 2 N–H and O–H groups in total. The smallest absolute Gasteiger partial charge is 0.243 e. The van der Waals surface area contributed by atoms with Gasteiger partial charge >= 0.3 is 0 Å². The third-order valence-corrected chi connectivity index (χ3v) is 7.59. The van der Waals surface area contributed by atoms with Crippen LogP contribution in [-0.4, -0.2) is 66.4 Å². The van der Waals surface area contributed by atoms with Crippen molar-refractivity contribution < 1.29 is 14.4 Å². The molecule has 7 nitrogen and oxygen atoms in total. The maximum Gasteiger partial charge on any atom is 0.243 e. The summed E-state index contributed by atoms with van der Waals surface area (Å²) in [5.41, 5.74) is 0.991. The highest BCUT2D eigenvalue weighted by molar-refractivity contribution is 5.86. The van der Waals surface area contributed by atoms with Crippen LogP contribution in [0.4, 0.5) is 0 Å². The van der Waals surface area contributed by atoms with Crippen molar-refractivity contribution in [3.05, 3.63) is 48.0 Å². The summed E-state index contributed by atoms with van der Waals surface area (Å²) in [6.07, 6.45) is 4.63. The summed E-state index contributed by atoms with van der Waals surface area (Å²) in [7, 11) is 0. The van der Waals surface area contributed by atoms with Crippen LogP contribution < -0.4 is 10.6 Å². The molecule has 1 fully saturated rings. The lowest BCUT2D eigenvalue weighted by atomic mass is 9.99. The number of hydrogen-bond donors (Lipinski definition) is 2. The van der Waals surface area contributed by atoms with E-state index < -0.39 is 12.2 Å². The van der Waals surface area contributed by atoms with Crippen LogP contribution in [0.25, 0.3) is 10.8 Å². The predicted octanol–water partition coefficient (Wildman–Crippen LogP) is 4.77. The van der Waals surface area contributed by atoms with Crippen LogP contribution in [0.3, 0.4) is 0 Å². The minimum atomic E-state index is -0.697. The number of nitrogens with zero attached hydrogens (tertiary/aromatic N) is 2. The zero-order valence-corrected chi connectivity index (χ0v) is 24.8. The molecule has 3 rings (SSSR count). The van der Waals surface area contributed by atoms with Gasteiger partial charge in [-0.2, -0.15) is 0 Å². The molecule has 0 bridgehead atoms. The molecule has 39 heavy (non-hydrogen) atoms. The van der Waals surface area contributed by atoms with Gasteiger partial charge in [0.2, 0.25) is 18.2 Å². The van der Waals surface area contributed by atoms with E-state index >= 15 is 0 Å². The number of halogens is 1. The lowest BCUT2D eigenvalue weighted by Gasteiger charge is -2.38. The Labute approximate surface area is 240 Å². The molecule has 0 radical (unpaired) electrons. The first-order chi connectivity index (χ1) is 18.4. The molecule has 0 aromatic heterocycles. The van der Waals surface area contributed by atoms with Crippen LogP contribution >= 0.6 is 12.4 Å². The lowest BCUT2D eigenvalue weighted by molar-refractivity contribution is -0.147. The van der Waals surface area contributed by atoms with Crippen molar-refractivity contribution in [1.29, 1.82) is 0 Å². The molecule has 0 aliphatic carbocycles. The van der Waals surface area contributed by atoms with Crippen molar-refractivity contribution in [1.82, 2.24) is 20.4 Å². The average molecular weight is 559 g/mol. The summed E-state index contributed by atoms with van der Waals surface area (Å²) in [4.78, 5) is 43.0. The molecular formula is C31H47ClN4O3. The second kappa shape index (κ2) is 16.5. The average Bonchev–Trinajstić information content (AvgIpc) is 3.40. The Morgan fingerprint density at radius 1 is 1.08 bits per heavy atom. The molecule has 8 heteroatoms. The highest BCUT2D eigenvalue weighted by atomic mass is 35.5. The molecule has 1 saturated heterocycles.